The van der Waals surface area contributed by atoms with Crippen molar-refractivity contribution >= 4 is 29.9 Å². The van der Waals surface area contributed by atoms with Crippen molar-refractivity contribution < 1.29 is 0 Å². The number of hydrogen-bond acceptors (Lipinski definition) is 2. The summed E-state index contributed by atoms with van der Waals surface area (Å²) >= 11 is 0. The van der Waals surface area contributed by atoms with Gasteiger partial charge in [-0.1, -0.05) is 42.8 Å². The number of pyridine rings is 1. The van der Waals surface area contributed by atoms with Crippen LogP contribution in [-0.2, 0) is 11.8 Å². The van der Waals surface area contributed by atoms with Gasteiger partial charge in [-0.3, -0.25) is 9.98 Å². The molecule has 0 bridgehead atoms. The maximum Gasteiger partial charge on any atom is 0.191 e. The summed E-state index contributed by atoms with van der Waals surface area (Å²) in [5, 5.41) is 6.82. The molecular formula is C21H29IN4. The van der Waals surface area contributed by atoms with E-state index in [9.17, 15) is 0 Å². The zero-order valence-electron chi connectivity index (χ0n) is 15.4. The topological polar surface area (TPSA) is 49.3 Å². The van der Waals surface area contributed by atoms with E-state index in [-0.39, 0.29) is 29.4 Å². The summed E-state index contributed by atoms with van der Waals surface area (Å²) in [6.45, 7) is 4.68. The Balaban J connectivity index is 0.00000243. The van der Waals surface area contributed by atoms with E-state index in [1.165, 1.54) is 30.4 Å². The monoisotopic (exact) mass is 464 g/mol. The molecule has 0 saturated heterocycles. The summed E-state index contributed by atoms with van der Waals surface area (Å²) in [5.74, 6) is 0.911. The number of nitrogens with one attached hydrogen (secondary N) is 2. The summed E-state index contributed by atoms with van der Waals surface area (Å²) in [5.41, 5.74) is 2.90. The van der Waals surface area contributed by atoms with Crippen LogP contribution in [0, 0.1) is 0 Å². The minimum absolute atomic E-state index is 0. The van der Waals surface area contributed by atoms with Crippen LogP contribution in [0.1, 0.15) is 37.3 Å². The molecule has 140 valence electrons. The molecule has 5 heteroatoms. The Hall–Kier alpha value is -1.63. The molecule has 2 N–H and O–H groups in total. The van der Waals surface area contributed by atoms with Gasteiger partial charge in [0.25, 0.3) is 0 Å². The minimum atomic E-state index is 0. The van der Waals surface area contributed by atoms with E-state index in [4.69, 9.17) is 4.99 Å². The number of nitrogens with zero attached hydrogens (tertiary/aromatic N) is 2. The van der Waals surface area contributed by atoms with Gasteiger partial charge < -0.3 is 10.6 Å². The van der Waals surface area contributed by atoms with Crippen LogP contribution in [-0.4, -0.2) is 30.6 Å². The summed E-state index contributed by atoms with van der Waals surface area (Å²) in [7, 11) is 0. The molecule has 0 radical (unpaired) electrons. The number of halogens is 1. The van der Waals surface area contributed by atoms with Gasteiger partial charge in [0.1, 0.15) is 0 Å². The van der Waals surface area contributed by atoms with Crippen molar-refractivity contribution in [2.24, 2.45) is 4.99 Å². The lowest BCUT2D eigenvalue weighted by atomic mass is 9.64. The SMILES string of the molecule is CCNC(=NCC1(c2ccccc2)CCC1)NCCc1cccnc1.I. The zero-order valence-corrected chi connectivity index (χ0v) is 17.8. The normalized spacial score (nSPS) is 15.5. The molecule has 4 nitrogen and oxygen atoms in total. The lowest BCUT2D eigenvalue weighted by Crippen LogP contribution is -2.42. The van der Waals surface area contributed by atoms with Crippen LogP contribution in [0.5, 0.6) is 0 Å². The molecule has 1 fully saturated rings. The van der Waals surface area contributed by atoms with E-state index in [1.54, 1.807) is 0 Å². The van der Waals surface area contributed by atoms with E-state index < -0.39 is 0 Å². The van der Waals surface area contributed by atoms with Crippen molar-refractivity contribution in [2.75, 3.05) is 19.6 Å². The van der Waals surface area contributed by atoms with Gasteiger partial charge in [0.2, 0.25) is 0 Å². The van der Waals surface area contributed by atoms with Gasteiger partial charge in [0.15, 0.2) is 5.96 Å². The van der Waals surface area contributed by atoms with Crippen molar-refractivity contribution in [3.8, 4) is 0 Å². The molecule has 0 atom stereocenters. The molecule has 1 aromatic heterocycles. The first kappa shape index (κ1) is 20.7. The van der Waals surface area contributed by atoms with E-state index >= 15 is 0 Å². The number of rotatable bonds is 7. The fourth-order valence-electron chi connectivity index (χ4n) is 3.38. The van der Waals surface area contributed by atoms with Gasteiger partial charge in [-0.05, 0) is 43.4 Å². The van der Waals surface area contributed by atoms with Gasteiger partial charge in [-0.15, -0.1) is 24.0 Å². The lowest BCUT2D eigenvalue weighted by Gasteiger charge is -2.41. The van der Waals surface area contributed by atoms with Gasteiger partial charge in [0.05, 0.1) is 6.54 Å². The number of aromatic nitrogens is 1. The van der Waals surface area contributed by atoms with Crippen LogP contribution in [0.3, 0.4) is 0 Å². The highest BCUT2D eigenvalue weighted by molar-refractivity contribution is 14.0. The van der Waals surface area contributed by atoms with Crippen LogP contribution >= 0.6 is 24.0 Å². The average Bonchev–Trinajstić information content (AvgIpc) is 2.62. The van der Waals surface area contributed by atoms with Crippen molar-refractivity contribution in [3.05, 3.63) is 66.0 Å². The first-order valence-corrected chi connectivity index (χ1v) is 9.29. The zero-order chi connectivity index (χ0) is 17.4. The number of benzene rings is 1. The van der Waals surface area contributed by atoms with Crippen LogP contribution in [0.15, 0.2) is 59.9 Å². The second-order valence-corrected chi connectivity index (χ2v) is 6.73. The lowest BCUT2D eigenvalue weighted by molar-refractivity contribution is 0.253. The third kappa shape index (κ3) is 5.43. The van der Waals surface area contributed by atoms with Crippen LogP contribution < -0.4 is 10.6 Å². The highest BCUT2D eigenvalue weighted by Crippen LogP contribution is 2.43. The third-order valence-electron chi connectivity index (χ3n) is 5.01. The molecule has 2 aromatic rings. The Morgan fingerprint density at radius 1 is 1.12 bits per heavy atom. The molecule has 1 aliphatic rings. The van der Waals surface area contributed by atoms with E-state index in [0.717, 1.165) is 32.0 Å². The molecule has 1 aromatic carbocycles. The predicted octanol–water partition coefficient (Wildman–Crippen LogP) is 3.92. The molecular weight excluding hydrogens is 435 g/mol. The number of aliphatic imine (C=N–C) groups is 1. The molecule has 0 spiro atoms. The van der Waals surface area contributed by atoms with Crippen LogP contribution in [0.25, 0.3) is 0 Å². The molecule has 0 amide bonds. The van der Waals surface area contributed by atoms with Crippen molar-refractivity contribution in [1.82, 2.24) is 15.6 Å². The fraction of sp³-hybridized carbons (Fsp3) is 0.429. The molecule has 0 unspecified atom stereocenters. The highest BCUT2D eigenvalue weighted by Gasteiger charge is 2.38. The second-order valence-electron chi connectivity index (χ2n) is 6.73. The summed E-state index contributed by atoms with van der Waals surface area (Å²) in [4.78, 5) is 9.06. The van der Waals surface area contributed by atoms with E-state index in [0.29, 0.717) is 0 Å². The second kappa shape index (κ2) is 10.5. The first-order valence-electron chi connectivity index (χ1n) is 9.29. The maximum absolute atomic E-state index is 4.89. The fourth-order valence-corrected chi connectivity index (χ4v) is 3.38. The molecule has 1 saturated carbocycles. The summed E-state index contributed by atoms with van der Waals surface area (Å²) in [6.07, 6.45) is 8.44. The molecule has 1 heterocycles. The Bertz CT molecular complexity index is 669. The molecule has 1 aliphatic carbocycles. The molecule has 0 aliphatic heterocycles. The summed E-state index contributed by atoms with van der Waals surface area (Å²) < 4.78 is 0. The maximum atomic E-state index is 4.89. The smallest absolute Gasteiger partial charge is 0.191 e. The number of guanidine groups is 1. The van der Waals surface area contributed by atoms with Crippen molar-refractivity contribution in [2.45, 2.75) is 38.0 Å². The first-order chi connectivity index (χ1) is 12.3. The van der Waals surface area contributed by atoms with Gasteiger partial charge >= 0.3 is 0 Å². The Labute approximate surface area is 173 Å². The molecule has 3 rings (SSSR count). The highest BCUT2D eigenvalue weighted by atomic mass is 127. The largest absolute Gasteiger partial charge is 0.357 e. The quantitative estimate of drug-likeness (QED) is 0.371. The minimum Gasteiger partial charge on any atom is -0.357 e. The number of hydrogen-bond donors (Lipinski definition) is 2. The molecule has 26 heavy (non-hydrogen) atoms. The Kier molecular flexibility index (Phi) is 8.35. The van der Waals surface area contributed by atoms with E-state index in [1.807, 2.05) is 18.5 Å². The van der Waals surface area contributed by atoms with E-state index in [2.05, 4.69) is 58.9 Å². The van der Waals surface area contributed by atoms with Crippen LogP contribution in [0.2, 0.25) is 0 Å². The standard InChI is InChI=1S/C21H28N4.HI/c1-2-23-20(24-15-11-18-8-6-14-22-16-18)25-17-21(12-7-13-21)19-9-4-3-5-10-19;/h3-6,8-10,14,16H,2,7,11-13,15,17H2,1H3,(H2,23,24,25);1H. The Morgan fingerprint density at radius 3 is 2.54 bits per heavy atom. The third-order valence-corrected chi connectivity index (χ3v) is 5.01. The predicted molar refractivity (Wildman–Crippen MR) is 119 cm³/mol. The van der Waals surface area contributed by atoms with Crippen molar-refractivity contribution in [3.63, 3.8) is 0 Å². The average molecular weight is 464 g/mol. The van der Waals surface area contributed by atoms with Crippen molar-refractivity contribution in [1.29, 1.82) is 0 Å². The van der Waals surface area contributed by atoms with Crippen LogP contribution in [0.4, 0.5) is 0 Å². The summed E-state index contributed by atoms with van der Waals surface area (Å²) in [6, 6.07) is 14.9. The van der Waals surface area contributed by atoms with Gasteiger partial charge in [0, 0.05) is 30.9 Å². The van der Waals surface area contributed by atoms with Gasteiger partial charge in [-0.25, -0.2) is 0 Å². The Morgan fingerprint density at radius 2 is 1.92 bits per heavy atom. The van der Waals surface area contributed by atoms with Gasteiger partial charge in [-0.2, -0.15) is 0 Å².